The molecule has 0 aliphatic heterocycles. The molecule has 0 heterocycles. The van der Waals surface area contributed by atoms with Gasteiger partial charge in [-0.2, -0.15) is 0 Å². The highest BCUT2D eigenvalue weighted by Gasteiger charge is 2.25. The zero-order valence-electron chi connectivity index (χ0n) is 26.4. The van der Waals surface area contributed by atoms with Gasteiger partial charge >= 0.3 is 0 Å². The first-order chi connectivity index (χ1) is 22.4. The molecule has 0 saturated heterocycles. The zero-order valence-corrected chi connectivity index (χ0v) is 26.4. The predicted molar refractivity (Wildman–Crippen MR) is 171 cm³/mol. The van der Waals surface area contributed by atoms with Gasteiger partial charge in [0.1, 0.15) is 30.9 Å². The Bertz CT molecular complexity index is 1660. The predicted octanol–water partition coefficient (Wildman–Crippen LogP) is 5.81. The van der Waals surface area contributed by atoms with E-state index in [1.54, 1.807) is 36.4 Å². The molecule has 0 radical (unpaired) electrons. The van der Waals surface area contributed by atoms with E-state index in [1.807, 2.05) is 20.8 Å². The molecule has 2 amide bonds. The number of hydrogen-bond acceptors (Lipinski definition) is 7. The van der Waals surface area contributed by atoms with E-state index in [4.69, 9.17) is 14.2 Å². The van der Waals surface area contributed by atoms with E-state index in [1.165, 1.54) is 48.5 Å². The second kappa shape index (κ2) is 15.9. The Morgan fingerprint density at radius 2 is 1.32 bits per heavy atom. The molecule has 0 unspecified atom stereocenters. The van der Waals surface area contributed by atoms with Crippen LogP contribution in [0.3, 0.4) is 0 Å². The summed E-state index contributed by atoms with van der Waals surface area (Å²) in [4.78, 5) is 26.7. The Hall–Kier alpha value is -5.16. The molecule has 0 aromatic heterocycles. The number of carbonyl (C=O) groups excluding carboxylic acids is 2. The Morgan fingerprint density at radius 1 is 0.745 bits per heavy atom. The highest BCUT2D eigenvalue weighted by molar-refractivity contribution is 5.98. The van der Waals surface area contributed by atoms with E-state index in [2.05, 4.69) is 10.6 Å². The molecular weight excluding hydrogens is 610 g/mol. The fraction of sp³-hybridized carbons (Fsp3) is 0.278. The number of ether oxygens (including phenoxy) is 3. The maximum absolute atomic E-state index is 13.5. The van der Waals surface area contributed by atoms with Crippen molar-refractivity contribution in [3.63, 3.8) is 0 Å². The van der Waals surface area contributed by atoms with Crippen molar-refractivity contribution in [1.82, 2.24) is 10.6 Å². The third kappa shape index (κ3) is 11.0. The number of halogens is 2. The molecule has 4 N–H and O–H groups in total. The van der Waals surface area contributed by atoms with Gasteiger partial charge in [0.25, 0.3) is 5.91 Å². The number of carbonyl (C=O) groups is 2. The molecule has 0 spiro atoms. The maximum Gasteiger partial charge on any atom is 0.252 e. The molecule has 4 aromatic rings. The summed E-state index contributed by atoms with van der Waals surface area (Å²) in [6.45, 7) is 5.75. The van der Waals surface area contributed by atoms with Crippen molar-refractivity contribution in [3.05, 3.63) is 119 Å². The normalized spacial score (nSPS) is 11.9. The van der Waals surface area contributed by atoms with Crippen LogP contribution < -0.4 is 20.1 Å². The van der Waals surface area contributed by atoms with Gasteiger partial charge in [0.15, 0.2) is 23.0 Å². The molecule has 0 aliphatic rings. The van der Waals surface area contributed by atoms with Crippen LogP contribution in [0.15, 0.2) is 84.9 Å². The van der Waals surface area contributed by atoms with E-state index in [0.29, 0.717) is 28.9 Å². The van der Waals surface area contributed by atoms with Crippen molar-refractivity contribution in [2.75, 3.05) is 13.2 Å². The molecular formula is C36H38F2N2O7. The summed E-state index contributed by atoms with van der Waals surface area (Å²) >= 11 is 0. The fourth-order valence-electron chi connectivity index (χ4n) is 4.30. The molecule has 0 aliphatic carbocycles. The molecule has 4 aromatic carbocycles. The second-order valence-corrected chi connectivity index (χ2v) is 11.8. The number of hydrogen-bond donors (Lipinski definition) is 4. The van der Waals surface area contributed by atoms with Crippen molar-refractivity contribution in [2.24, 2.45) is 0 Å². The van der Waals surface area contributed by atoms with E-state index in [9.17, 15) is 28.6 Å². The lowest BCUT2D eigenvalue weighted by Crippen LogP contribution is -2.50. The summed E-state index contributed by atoms with van der Waals surface area (Å²) in [5.74, 6) is -1.75. The first kappa shape index (κ1) is 34.7. The zero-order chi connectivity index (χ0) is 34.0. The van der Waals surface area contributed by atoms with Gasteiger partial charge in [-0.15, -0.1) is 0 Å². The van der Waals surface area contributed by atoms with E-state index in [0.717, 1.165) is 0 Å². The molecule has 1 atom stereocenters. The van der Waals surface area contributed by atoms with Crippen molar-refractivity contribution < 1.29 is 42.8 Å². The molecule has 4 rings (SSSR count). The fourth-order valence-corrected chi connectivity index (χ4v) is 4.30. The van der Waals surface area contributed by atoms with Crippen LogP contribution in [0.2, 0.25) is 0 Å². The van der Waals surface area contributed by atoms with Crippen LogP contribution in [0.5, 0.6) is 23.0 Å². The summed E-state index contributed by atoms with van der Waals surface area (Å²) in [6, 6.07) is 19.5. The standard InChI is InChI=1S/C36H38F2N2O7/c1-36(2,3)47-22-29(35(44)39-17-16-23-8-14-30(41)31(42)18-23)40-34(43)26-9-15-32(45-20-24-4-10-27(37)11-5-24)33(19-26)46-21-25-6-12-28(38)13-7-25/h4-15,18-19,29,41-42H,16-17,20-22H2,1-3H3,(H,39,44)(H,40,43)/t29-/m0/s1. The SMILES string of the molecule is CC(C)(C)OC[C@H](NC(=O)c1ccc(OCc2ccc(F)cc2)c(OCc2ccc(F)cc2)c1)C(=O)NCCc1ccc(O)c(O)c1. The lowest BCUT2D eigenvalue weighted by molar-refractivity contribution is -0.126. The maximum atomic E-state index is 13.5. The first-order valence-electron chi connectivity index (χ1n) is 15.0. The summed E-state index contributed by atoms with van der Waals surface area (Å²) in [5, 5.41) is 24.8. The Balaban J connectivity index is 1.48. The van der Waals surface area contributed by atoms with Crippen LogP contribution in [-0.4, -0.2) is 46.8 Å². The minimum Gasteiger partial charge on any atom is -0.504 e. The number of rotatable bonds is 14. The monoisotopic (exact) mass is 648 g/mol. The van der Waals surface area contributed by atoms with Crippen molar-refractivity contribution in [2.45, 2.75) is 52.0 Å². The van der Waals surface area contributed by atoms with Crippen LogP contribution in [0, 0.1) is 11.6 Å². The molecule has 47 heavy (non-hydrogen) atoms. The number of phenols is 2. The lowest BCUT2D eigenvalue weighted by Gasteiger charge is -2.25. The first-order valence-corrected chi connectivity index (χ1v) is 15.0. The summed E-state index contributed by atoms with van der Waals surface area (Å²) in [5.41, 5.74) is 1.69. The number of aromatic hydroxyl groups is 2. The van der Waals surface area contributed by atoms with Gasteiger partial charge in [-0.05, 0) is 98.5 Å². The Morgan fingerprint density at radius 3 is 1.89 bits per heavy atom. The van der Waals surface area contributed by atoms with Crippen LogP contribution >= 0.6 is 0 Å². The third-order valence-electron chi connectivity index (χ3n) is 6.88. The minimum atomic E-state index is -1.05. The summed E-state index contributed by atoms with van der Waals surface area (Å²) in [6.07, 6.45) is 0.370. The van der Waals surface area contributed by atoms with Crippen molar-refractivity contribution >= 4 is 11.8 Å². The topological polar surface area (TPSA) is 126 Å². The molecule has 0 fully saturated rings. The van der Waals surface area contributed by atoms with Gasteiger partial charge in [-0.3, -0.25) is 9.59 Å². The van der Waals surface area contributed by atoms with Crippen molar-refractivity contribution in [1.29, 1.82) is 0 Å². The Kier molecular flexibility index (Phi) is 11.7. The van der Waals surface area contributed by atoms with Crippen LogP contribution in [0.25, 0.3) is 0 Å². The average molecular weight is 649 g/mol. The molecule has 11 heteroatoms. The van der Waals surface area contributed by atoms with Crippen molar-refractivity contribution in [3.8, 4) is 23.0 Å². The molecule has 9 nitrogen and oxygen atoms in total. The van der Waals surface area contributed by atoms with Gasteiger partial charge in [-0.25, -0.2) is 8.78 Å². The highest BCUT2D eigenvalue weighted by atomic mass is 19.1. The van der Waals surface area contributed by atoms with E-state index in [-0.39, 0.29) is 60.8 Å². The Labute approximate surface area is 272 Å². The second-order valence-electron chi connectivity index (χ2n) is 11.8. The molecule has 0 saturated carbocycles. The minimum absolute atomic E-state index is 0.0571. The number of phenolic OH excluding ortho intramolecular Hbond substituents is 2. The number of benzene rings is 4. The summed E-state index contributed by atoms with van der Waals surface area (Å²) < 4.78 is 44.5. The lowest BCUT2D eigenvalue weighted by atomic mass is 10.1. The highest BCUT2D eigenvalue weighted by Crippen LogP contribution is 2.30. The van der Waals surface area contributed by atoms with E-state index < -0.39 is 23.5 Å². The van der Waals surface area contributed by atoms with Gasteiger partial charge in [0.05, 0.1) is 12.2 Å². The van der Waals surface area contributed by atoms with Crippen LogP contribution in [-0.2, 0) is 29.2 Å². The average Bonchev–Trinajstić information content (AvgIpc) is 3.03. The van der Waals surface area contributed by atoms with Gasteiger partial charge < -0.3 is 35.1 Å². The van der Waals surface area contributed by atoms with Gasteiger partial charge in [0, 0.05) is 12.1 Å². The van der Waals surface area contributed by atoms with Crippen LogP contribution in [0.4, 0.5) is 8.78 Å². The van der Waals surface area contributed by atoms with Gasteiger partial charge in [-0.1, -0.05) is 30.3 Å². The number of nitrogens with one attached hydrogen (secondary N) is 2. The smallest absolute Gasteiger partial charge is 0.252 e. The third-order valence-corrected chi connectivity index (χ3v) is 6.88. The molecule has 0 bridgehead atoms. The van der Waals surface area contributed by atoms with Crippen LogP contribution in [0.1, 0.15) is 47.8 Å². The summed E-state index contributed by atoms with van der Waals surface area (Å²) in [7, 11) is 0. The largest absolute Gasteiger partial charge is 0.504 e. The van der Waals surface area contributed by atoms with Gasteiger partial charge in [0.2, 0.25) is 5.91 Å². The van der Waals surface area contributed by atoms with E-state index >= 15 is 0 Å². The number of amides is 2. The molecule has 248 valence electrons. The quantitative estimate of drug-likeness (QED) is 0.127.